The number of carbonyl (C=O) groups is 4. The molecule has 0 atom stereocenters. The van der Waals surface area contributed by atoms with E-state index in [1.165, 1.54) is 71.2 Å². The van der Waals surface area contributed by atoms with Crippen molar-refractivity contribution in [3.63, 3.8) is 0 Å². The molecule has 2 aliphatic heterocycles. The predicted molar refractivity (Wildman–Crippen MR) is 212 cm³/mol. The number of carbonyl (C=O) groups excluding carboxylic acids is 4. The average Bonchev–Trinajstić information content (AvgIpc) is 3.19. The minimum atomic E-state index is -0.472. The third-order valence-electron chi connectivity index (χ3n) is 11.4. The number of rotatable bonds is 15. The largest absolute Gasteiger partial charge is 0.493 e. The zero-order valence-corrected chi connectivity index (χ0v) is 31.3. The molecule has 2 aliphatic rings. The maximum Gasteiger partial charge on any atom is 0.265 e. The van der Waals surface area contributed by atoms with Crippen molar-refractivity contribution in [1.82, 2.24) is 4.90 Å². The van der Waals surface area contributed by atoms with Gasteiger partial charge in [0.1, 0.15) is 0 Å². The molecule has 0 saturated carbocycles. The van der Waals surface area contributed by atoms with E-state index in [1.807, 2.05) is 36.4 Å². The van der Waals surface area contributed by atoms with Crippen LogP contribution in [0.4, 0.5) is 5.69 Å². The van der Waals surface area contributed by atoms with Gasteiger partial charge in [-0.05, 0) is 63.0 Å². The molecule has 6 aromatic rings. The van der Waals surface area contributed by atoms with Crippen LogP contribution in [0.25, 0.3) is 43.1 Å². The smallest absolute Gasteiger partial charge is 0.265 e. The number of benzene rings is 6. The molecular weight excluding hydrogens is 681 g/mol. The van der Waals surface area contributed by atoms with Crippen molar-refractivity contribution >= 4 is 72.4 Å². The number of imide groups is 2. The van der Waals surface area contributed by atoms with Crippen LogP contribution in [-0.2, 0) is 0 Å². The lowest BCUT2D eigenvalue weighted by Gasteiger charge is -2.30. The molecule has 0 bridgehead atoms. The highest BCUT2D eigenvalue weighted by Crippen LogP contribution is 2.48. The van der Waals surface area contributed by atoms with Gasteiger partial charge in [0.2, 0.25) is 5.75 Å². The van der Waals surface area contributed by atoms with Gasteiger partial charge in [-0.2, -0.15) is 0 Å². The highest BCUT2D eigenvalue weighted by Gasteiger charge is 2.38. The molecule has 0 aromatic heterocycles. The Morgan fingerprint density at radius 2 is 0.852 bits per heavy atom. The fourth-order valence-electron chi connectivity index (χ4n) is 8.71. The number of methoxy groups -OCH3 is 3. The monoisotopic (exact) mass is 724 g/mol. The highest BCUT2D eigenvalue weighted by atomic mass is 16.5. The number of hydrogen-bond donors (Lipinski definition) is 0. The number of hydrogen-bond acceptors (Lipinski definition) is 7. The molecule has 0 unspecified atom stereocenters. The zero-order valence-electron chi connectivity index (χ0n) is 31.3. The van der Waals surface area contributed by atoms with Crippen LogP contribution in [0.3, 0.4) is 0 Å². The summed E-state index contributed by atoms with van der Waals surface area (Å²) in [7, 11) is 4.45. The summed E-state index contributed by atoms with van der Waals surface area (Å²) in [6, 6.07) is 18.0. The van der Waals surface area contributed by atoms with E-state index in [0.29, 0.717) is 62.5 Å². The summed E-state index contributed by atoms with van der Waals surface area (Å²) < 4.78 is 16.5. The van der Waals surface area contributed by atoms with Crippen molar-refractivity contribution in [1.29, 1.82) is 0 Å². The fourth-order valence-corrected chi connectivity index (χ4v) is 8.71. The van der Waals surface area contributed by atoms with Gasteiger partial charge >= 0.3 is 0 Å². The zero-order chi connectivity index (χ0) is 37.7. The molecule has 0 fully saturated rings. The van der Waals surface area contributed by atoms with Crippen molar-refractivity contribution in [2.24, 2.45) is 0 Å². The molecule has 9 heteroatoms. The molecule has 0 N–H and O–H groups in total. The number of ether oxygens (including phenoxy) is 3. The molecule has 4 amide bonds. The third-order valence-corrected chi connectivity index (χ3v) is 11.4. The molecular formula is C45H44N2O7. The van der Waals surface area contributed by atoms with Crippen LogP contribution in [0.1, 0.15) is 113 Å². The van der Waals surface area contributed by atoms with E-state index in [0.717, 1.165) is 56.5 Å². The van der Waals surface area contributed by atoms with E-state index >= 15 is 0 Å². The Kier molecular flexibility index (Phi) is 9.34. The number of amides is 4. The Bertz CT molecular complexity index is 2360. The normalized spacial score (nSPS) is 14.1. The van der Waals surface area contributed by atoms with E-state index in [1.54, 1.807) is 24.3 Å². The van der Waals surface area contributed by atoms with Crippen LogP contribution in [-0.4, -0.2) is 56.4 Å². The number of unbranched alkanes of at least 4 members (excludes halogenated alkanes) is 9. The van der Waals surface area contributed by atoms with Gasteiger partial charge in [-0.15, -0.1) is 0 Å². The van der Waals surface area contributed by atoms with E-state index in [-0.39, 0.29) is 11.8 Å². The van der Waals surface area contributed by atoms with Gasteiger partial charge in [0.15, 0.2) is 11.5 Å². The van der Waals surface area contributed by atoms with E-state index < -0.39 is 11.8 Å². The molecule has 2 heterocycles. The first-order chi connectivity index (χ1) is 26.3. The van der Waals surface area contributed by atoms with Crippen molar-refractivity contribution < 1.29 is 33.4 Å². The van der Waals surface area contributed by atoms with E-state index in [2.05, 4.69) is 6.92 Å². The summed E-state index contributed by atoms with van der Waals surface area (Å²) >= 11 is 0. The first-order valence-corrected chi connectivity index (χ1v) is 19.1. The molecule has 0 radical (unpaired) electrons. The number of anilines is 1. The van der Waals surface area contributed by atoms with Crippen LogP contribution in [0.2, 0.25) is 0 Å². The second-order valence-corrected chi connectivity index (χ2v) is 14.4. The quantitative estimate of drug-likeness (QED) is 0.0450. The van der Waals surface area contributed by atoms with Gasteiger partial charge in [0.05, 0.1) is 27.0 Å². The Balaban J connectivity index is 1.14. The Morgan fingerprint density at radius 3 is 1.24 bits per heavy atom. The van der Waals surface area contributed by atoms with Crippen LogP contribution in [0.15, 0.2) is 60.7 Å². The highest BCUT2D eigenvalue weighted by molar-refractivity contribution is 6.43. The molecule has 9 nitrogen and oxygen atoms in total. The number of nitrogens with zero attached hydrogens (tertiary/aromatic N) is 2. The topological polar surface area (TPSA) is 102 Å². The lowest BCUT2D eigenvalue weighted by molar-refractivity contribution is 0.0607. The van der Waals surface area contributed by atoms with Gasteiger partial charge in [0, 0.05) is 51.7 Å². The summed E-state index contributed by atoms with van der Waals surface area (Å²) in [5, 5.41) is 6.29. The van der Waals surface area contributed by atoms with Gasteiger partial charge in [-0.25, -0.2) is 4.90 Å². The van der Waals surface area contributed by atoms with Crippen molar-refractivity contribution in [3.05, 3.63) is 82.9 Å². The van der Waals surface area contributed by atoms with Crippen LogP contribution in [0.5, 0.6) is 17.2 Å². The van der Waals surface area contributed by atoms with Gasteiger partial charge < -0.3 is 14.2 Å². The van der Waals surface area contributed by atoms with Crippen molar-refractivity contribution in [3.8, 4) is 17.2 Å². The minimum absolute atomic E-state index is 0.258. The molecule has 54 heavy (non-hydrogen) atoms. The van der Waals surface area contributed by atoms with E-state index in [4.69, 9.17) is 14.2 Å². The maximum atomic E-state index is 14.3. The SMILES string of the molecule is CCCCCCCCCCCCN1C(=O)c2ccc3c4ccc5c6c(ccc(c7ccc(c2c37)C1=O)c64)C(=O)N(c1cc(OC)c(OC)c(OC)c1)C5=O. The predicted octanol–water partition coefficient (Wildman–Crippen LogP) is 10.1. The van der Waals surface area contributed by atoms with Gasteiger partial charge in [-0.3, -0.25) is 24.1 Å². The maximum absolute atomic E-state index is 14.3. The van der Waals surface area contributed by atoms with Gasteiger partial charge in [0.25, 0.3) is 23.6 Å². The van der Waals surface area contributed by atoms with Crippen LogP contribution < -0.4 is 19.1 Å². The van der Waals surface area contributed by atoms with Crippen molar-refractivity contribution in [2.75, 3.05) is 32.8 Å². The second kappa shape index (κ2) is 14.3. The molecule has 0 saturated heterocycles. The average molecular weight is 725 g/mol. The fraction of sp³-hybridized carbons (Fsp3) is 0.333. The summed E-state index contributed by atoms with van der Waals surface area (Å²) in [6.07, 6.45) is 11.8. The first-order valence-electron chi connectivity index (χ1n) is 19.1. The minimum Gasteiger partial charge on any atom is -0.493 e. The lowest BCUT2D eigenvalue weighted by Crippen LogP contribution is -2.41. The Morgan fingerprint density at radius 1 is 0.463 bits per heavy atom. The van der Waals surface area contributed by atoms with Gasteiger partial charge in [-0.1, -0.05) is 89.0 Å². The Labute approximate surface area is 314 Å². The summed E-state index contributed by atoms with van der Waals surface area (Å²) in [5.41, 5.74) is 2.12. The van der Waals surface area contributed by atoms with Crippen LogP contribution in [0, 0.1) is 0 Å². The molecule has 0 spiro atoms. The summed E-state index contributed by atoms with van der Waals surface area (Å²) in [5.74, 6) is -0.473. The standard InChI is InChI=1S/C45H44N2O7/c1-5-6-7-8-9-10-11-12-13-14-23-46-42(48)31-19-15-27-29-17-21-33-40-34(22-18-30(38(29)40)28-16-20-32(43(46)49)39(31)37(27)28)45(51)47(44(33)50)26-24-35(52-2)41(54-4)36(25-26)53-3/h15-22,24-25H,5-14,23H2,1-4H3. The molecule has 8 rings (SSSR count). The lowest BCUT2D eigenvalue weighted by atomic mass is 9.82. The summed E-state index contributed by atoms with van der Waals surface area (Å²) in [4.78, 5) is 59.0. The van der Waals surface area contributed by atoms with Crippen LogP contribution >= 0.6 is 0 Å². The second-order valence-electron chi connectivity index (χ2n) is 14.4. The molecule has 0 aliphatic carbocycles. The first kappa shape index (κ1) is 35.3. The summed E-state index contributed by atoms with van der Waals surface area (Å²) in [6.45, 7) is 2.64. The third kappa shape index (κ3) is 5.43. The van der Waals surface area contributed by atoms with Crippen molar-refractivity contribution in [2.45, 2.75) is 71.1 Å². The Hall–Kier alpha value is -5.70. The van der Waals surface area contributed by atoms with E-state index in [9.17, 15) is 19.2 Å². The molecule has 6 aromatic carbocycles. The number of fused-ring (bicyclic) bond motifs is 2. The molecule has 276 valence electrons.